The van der Waals surface area contributed by atoms with E-state index in [9.17, 15) is 30.0 Å². The van der Waals surface area contributed by atoms with Gasteiger partial charge in [-0.2, -0.15) is 0 Å². The molecule has 0 radical (unpaired) electrons. The molecule has 0 aliphatic carbocycles. The number of aliphatic hydroxyl groups excluding tert-OH is 4. The number of hydrogen-bond donors (Lipinski definition) is 4. The highest BCUT2D eigenvalue weighted by Crippen LogP contribution is 2.34. The van der Waals surface area contributed by atoms with Gasteiger partial charge in [-0.1, -0.05) is 103 Å². The lowest BCUT2D eigenvalue weighted by Gasteiger charge is -2.42. The SMILES string of the molecule is CCCCCCCCCCCCCCCCO[C@H]1[C@H](O)[C@@H](CN2C(=O)C3CC(O)CN3C(=O)c3ccccc32)OC(O)[C@@H]1O. The van der Waals surface area contributed by atoms with Gasteiger partial charge >= 0.3 is 0 Å². The largest absolute Gasteiger partial charge is 0.391 e. The normalized spacial score (nSPS) is 28.7. The maximum Gasteiger partial charge on any atom is 0.256 e. The Morgan fingerprint density at radius 1 is 0.818 bits per heavy atom. The van der Waals surface area contributed by atoms with Crippen molar-refractivity contribution in [2.24, 2.45) is 0 Å². The molecule has 2 fully saturated rings. The average Bonchev–Trinajstić information content (AvgIpc) is 3.39. The fraction of sp³-hybridized carbons (Fsp3) is 0.765. The molecule has 10 nitrogen and oxygen atoms in total. The van der Waals surface area contributed by atoms with Crippen LogP contribution in [0.25, 0.3) is 0 Å². The van der Waals surface area contributed by atoms with Crippen LogP contribution in [0.3, 0.4) is 0 Å². The monoisotopic (exact) mass is 618 g/mol. The van der Waals surface area contributed by atoms with Gasteiger partial charge in [0.1, 0.15) is 30.5 Å². The number of nitrogens with zero attached hydrogens (tertiary/aromatic N) is 2. The lowest BCUT2D eigenvalue weighted by Crippen LogP contribution is -2.61. The molecule has 7 atom stereocenters. The number of aliphatic hydroxyl groups is 4. The van der Waals surface area contributed by atoms with Gasteiger partial charge in [-0.3, -0.25) is 9.59 Å². The van der Waals surface area contributed by atoms with Crippen LogP contribution in [0.15, 0.2) is 24.3 Å². The van der Waals surface area contributed by atoms with Crippen LogP contribution in [0.1, 0.15) is 114 Å². The van der Waals surface area contributed by atoms with Crippen LogP contribution in [0.5, 0.6) is 0 Å². The van der Waals surface area contributed by atoms with Crippen molar-refractivity contribution < 1.29 is 39.5 Å². The van der Waals surface area contributed by atoms with Crippen molar-refractivity contribution in [1.82, 2.24) is 4.90 Å². The van der Waals surface area contributed by atoms with Crippen LogP contribution in [0.4, 0.5) is 5.69 Å². The Morgan fingerprint density at radius 2 is 1.41 bits per heavy atom. The average molecular weight is 619 g/mol. The molecule has 1 aromatic rings. The van der Waals surface area contributed by atoms with Gasteiger partial charge in [-0.25, -0.2) is 0 Å². The van der Waals surface area contributed by atoms with Crippen LogP contribution in [0, 0.1) is 0 Å². The van der Waals surface area contributed by atoms with Crippen LogP contribution in [-0.2, 0) is 14.3 Å². The third-order valence-corrected chi connectivity index (χ3v) is 9.35. The van der Waals surface area contributed by atoms with Gasteiger partial charge in [-0.15, -0.1) is 0 Å². The minimum atomic E-state index is -1.60. The Balaban J connectivity index is 1.22. The quantitative estimate of drug-likeness (QED) is 0.182. The summed E-state index contributed by atoms with van der Waals surface area (Å²) in [4.78, 5) is 29.7. The number of hydrogen-bond acceptors (Lipinski definition) is 8. The zero-order valence-electron chi connectivity index (χ0n) is 26.4. The third kappa shape index (κ3) is 9.01. The van der Waals surface area contributed by atoms with E-state index in [2.05, 4.69) is 6.92 Å². The topological polar surface area (TPSA) is 140 Å². The van der Waals surface area contributed by atoms with Crippen LogP contribution >= 0.6 is 0 Å². The standard InChI is InChI=1S/C34H54N2O8/c1-2-3-4-5-6-7-8-9-10-11-12-13-14-17-20-43-31-29(38)28(44-34(42)30(31)39)23-36-26-19-16-15-18-25(26)32(40)35-22-24(37)21-27(35)33(36)41/h15-16,18-19,24,27-31,34,37-39,42H,2-14,17,20-23H2,1H3/t24?,27?,28-,29-,30-,31+,34?/m1/s1. The van der Waals surface area contributed by atoms with Crippen molar-refractivity contribution in [2.75, 3.05) is 24.6 Å². The molecule has 0 saturated carbocycles. The van der Waals surface area contributed by atoms with E-state index in [1.54, 1.807) is 24.3 Å². The highest BCUT2D eigenvalue weighted by atomic mass is 16.6. The summed E-state index contributed by atoms with van der Waals surface area (Å²) >= 11 is 0. The molecule has 44 heavy (non-hydrogen) atoms. The smallest absolute Gasteiger partial charge is 0.256 e. The van der Waals surface area contributed by atoms with E-state index in [1.165, 1.54) is 80.4 Å². The Morgan fingerprint density at radius 3 is 2.05 bits per heavy atom. The molecule has 3 aliphatic heterocycles. The second-order valence-electron chi connectivity index (χ2n) is 12.8. The molecule has 4 N–H and O–H groups in total. The van der Waals surface area contributed by atoms with Crippen LogP contribution < -0.4 is 4.90 Å². The van der Waals surface area contributed by atoms with Crippen LogP contribution in [0.2, 0.25) is 0 Å². The number of unbranched alkanes of at least 4 members (excludes halogenated alkanes) is 13. The summed E-state index contributed by atoms with van der Waals surface area (Å²) in [5, 5.41) is 42.4. The van der Waals surface area contributed by atoms with Gasteiger partial charge in [0, 0.05) is 19.6 Å². The molecular formula is C34H54N2O8. The van der Waals surface area contributed by atoms with Crippen molar-refractivity contribution in [3.8, 4) is 0 Å². The van der Waals surface area contributed by atoms with E-state index in [4.69, 9.17) is 9.47 Å². The minimum absolute atomic E-state index is 0.0695. The maximum absolute atomic E-state index is 13.7. The van der Waals surface area contributed by atoms with Crippen molar-refractivity contribution >= 4 is 17.5 Å². The molecule has 0 bridgehead atoms. The minimum Gasteiger partial charge on any atom is -0.391 e. The first-order chi connectivity index (χ1) is 21.3. The lowest BCUT2D eigenvalue weighted by molar-refractivity contribution is -0.287. The van der Waals surface area contributed by atoms with E-state index in [-0.39, 0.29) is 25.4 Å². The summed E-state index contributed by atoms with van der Waals surface area (Å²) < 4.78 is 11.5. The summed E-state index contributed by atoms with van der Waals surface area (Å²) in [6.45, 7) is 2.48. The predicted molar refractivity (Wildman–Crippen MR) is 167 cm³/mol. The first kappa shape index (κ1) is 34.8. The van der Waals surface area contributed by atoms with Gasteiger partial charge in [0.25, 0.3) is 5.91 Å². The molecule has 10 heteroatoms. The second kappa shape index (κ2) is 17.6. The van der Waals surface area contributed by atoms with Crippen molar-refractivity contribution in [3.05, 3.63) is 29.8 Å². The summed E-state index contributed by atoms with van der Waals surface area (Å²) in [6, 6.07) is 5.88. The molecule has 2 saturated heterocycles. The number of rotatable bonds is 18. The zero-order valence-corrected chi connectivity index (χ0v) is 26.4. The Labute approximate surface area is 262 Å². The summed E-state index contributed by atoms with van der Waals surface area (Å²) in [5.74, 6) is -0.732. The molecule has 4 rings (SSSR count). The molecule has 3 unspecified atom stereocenters. The van der Waals surface area contributed by atoms with Gasteiger partial charge < -0.3 is 39.7 Å². The highest BCUT2D eigenvalue weighted by Gasteiger charge is 2.49. The fourth-order valence-corrected chi connectivity index (χ4v) is 6.76. The number of carbonyl (C=O) groups is 2. The number of carbonyl (C=O) groups excluding carboxylic acids is 2. The van der Waals surface area contributed by atoms with Gasteiger partial charge in [0.2, 0.25) is 5.91 Å². The number of fused-ring (bicyclic) bond motifs is 2. The Kier molecular flexibility index (Phi) is 13.9. The molecular weight excluding hydrogens is 564 g/mol. The maximum atomic E-state index is 13.7. The molecule has 1 aromatic carbocycles. The number of para-hydroxylation sites is 1. The van der Waals surface area contributed by atoms with Gasteiger partial charge in [0.15, 0.2) is 6.29 Å². The Hall–Kier alpha value is -2.08. The van der Waals surface area contributed by atoms with E-state index in [1.807, 2.05) is 0 Å². The summed E-state index contributed by atoms with van der Waals surface area (Å²) in [6.07, 6.45) is 10.1. The fourth-order valence-electron chi connectivity index (χ4n) is 6.76. The van der Waals surface area contributed by atoms with Crippen molar-refractivity contribution in [3.63, 3.8) is 0 Å². The number of anilines is 1. The molecule has 248 valence electrons. The Bertz CT molecular complexity index is 1040. The third-order valence-electron chi connectivity index (χ3n) is 9.35. The van der Waals surface area contributed by atoms with Crippen LogP contribution in [-0.4, -0.2) is 99.7 Å². The lowest BCUT2D eigenvalue weighted by atomic mass is 9.97. The van der Waals surface area contributed by atoms with E-state index >= 15 is 0 Å². The first-order valence-corrected chi connectivity index (χ1v) is 17.0. The summed E-state index contributed by atoms with van der Waals surface area (Å²) in [5.41, 5.74) is 0.691. The highest BCUT2D eigenvalue weighted by molar-refractivity contribution is 6.11. The van der Waals surface area contributed by atoms with E-state index in [0.717, 1.165) is 19.3 Å². The van der Waals surface area contributed by atoms with E-state index in [0.29, 0.717) is 17.9 Å². The van der Waals surface area contributed by atoms with Gasteiger partial charge in [0.05, 0.1) is 23.9 Å². The first-order valence-electron chi connectivity index (χ1n) is 17.0. The molecule has 0 spiro atoms. The number of benzene rings is 1. The number of amides is 2. The van der Waals surface area contributed by atoms with Gasteiger partial charge in [-0.05, 0) is 18.6 Å². The number of ether oxygens (including phenoxy) is 2. The zero-order chi connectivity index (χ0) is 31.5. The molecule has 2 amide bonds. The van der Waals surface area contributed by atoms with Crippen molar-refractivity contribution in [1.29, 1.82) is 0 Å². The second-order valence-corrected chi connectivity index (χ2v) is 12.8. The van der Waals surface area contributed by atoms with Crippen molar-refractivity contribution in [2.45, 2.75) is 146 Å². The molecule has 3 heterocycles. The molecule has 0 aromatic heterocycles. The molecule has 3 aliphatic rings. The van der Waals surface area contributed by atoms with E-state index < -0.39 is 48.8 Å². The predicted octanol–water partition coefficient (Wildman–Crippen LogP) is 3.91. The summed E-state index contributed by atoms with van der Waals surface area (Å²) in [7, 11) is 0.